The predicted molar refractivity (Wildman–Crippen MR) is 116 cm³/mol. The van der Waals surface area contributed by atoms with E-state index in [1.807, 2.05) is 13.0 Å². The van der Waals surface area contributed by atoms with Crippen LogP contribution in [0.1, 0.15) is 33.5 Å². The molecule has 31 heavy (non-hydrogen) atoms. The number of primary amides is 1. The Hall–Kier alpha value is -3.24. The molecule has 0 aliphatic rings. The van der Waals surface area contributed by atoms with Crippen molar-refractivity contribution < 1.29 is 22.8 Å². The molecule has 166 valence electrons. The van der Waals surface area contributed by atoms with E-state index in [0.717, 1.165) is 11.1 Å². The summed E-state index contributed by atoms with van der Waals surface area (Å²) in [6.45, 7) is 3.48. The fourth-order valence-corrected chi connectivity index (χ4v) is 4.07. The molecule has 0 bridgehead atoms. The van der Waals surface area contributed by atoms with Gasteiger partial charge in [-0.25, -0.2) is 13.1 Å². The molecule has 0 aliphatic heterocycles. The van der Waals surface area contributed by atoms with E-state index in [4.69, 9.17) is 5.73 Å². The van der Waals surface area contributed by atoms with Gasteiger partial charge >= 0.3 is 0 Å². The molecular weight excluding hydrogens is 420 g/mol. The molecule has 0 spiro atoms. The van der Waals surface area contributed by atoms with E-state index in [1.54, 1.807) is 43.3 Å². The first-order valence-corrected chi connectivity index (χ1v) is 11.1. The monoisotopic (exact) mass is 446 g/mol. The number of carbonyl (C=O) groups excluding carboxylic acids is 3. The van der Waals surface area contributed by atoms with Crippen molar-refractivity contribution in [3.63, 3.8) is 0 Å². The maximum Gasteiger partial charge on any atom is 0.251 e. The molecule has 9 nitrogen and oxygen atoms in total. The summed E-state index contributed by atoms with van der Waals surface area (Å²) < 4.78 is 27.3. The van der Waals surface area contributed by atoms with Gasteiger partial charge in [0.1, 0.15) is 0 Å². The minimum atomic E-state index is -3.70. The summed E-state index contributed by atoms with van der Waals surface area (Å²) in [6, 6.07) is 11.6. The molecule has 0 saturated heterocycles. The Labute approximate surface area is 181 Å². The molecule has 2 aromatic carbocycles. The SMILES string of the molecule is Cc1ccc(C)c(S(=O)(=O)NCCC(=O)NCc2ccc(C(=O)NCC(N)=O)cc2)c1. The summed E-state index contributed by atoms with van der Waals surface area (Å²) >= 11 is 0. The van der Waals surface area contributed by atoms with Gasteiger partial charge < -0.3 is 16.4 Å². The minimum absolute atomic E-state index is 0.0162. The molecule has 0 atom stereocenters. The number of sulfonamides is 1. The molecule has 0 unspecified atom stereocenters. The second-order valence-corrected chi connectivity index (χ2v) is 8.77. The number of benzene rings is 2. The van der Waals surface area contributed by atoms with Crippen molar-refractivity contribution in [3.05, 3.63) is 64.7 Å². The molecule has 0 radical (unpaired) electrons. The van der Waals surface area contributed by atoms with E-state index >= 15 is 0 Å². The third-order valence-corrected chi connectivity index (χ3v) is 6.01. The maximum atomic E-state index is 12.4. The van der Waals surface area contributed by atoms with Crippen LogP contribution in [0, 0.1) is 13.8 Å². The van der Waals surface area contributed by atoms with Gasteiger partial charge in [-0.3, -0.25) is 14.4 Å². The van der Waals surface area contributed by atoms with E-state index in [1.165, 1.54) is 0 Å². The van der Waals surface area contributed by atoms with E-state index in [2.05, 4.69) is 15.4 Å². The van der Waals surface area contributed by atoms with Gasteiger partial charge in [0.05, 0.1) is 11.4 Å². The van der Waals surface area contributed by atoms with Crippen LogP contribution in [0.3, 0.4) is 0 Å². The molecule has 0 saturated carbocycles. The third-order valence-electron chi connectivity index (χ3n) is 4.41. The van der Waals surface area contributed by atoms with Crippen LogP contribution >= 0.6 is 0 Å². The molecule has 0 fully saturated rings. The molecule has 10 heteroatoms. The standard InChI is InChI=1S/C21H26N4O5S/c1-14-3-4-15(2)18(11-14)31(29,30)25-10-9-20(27)23-12-16-5-7-17(8-6-16)21(28)24-13-19(22)26/h3-8,11,25H,9-10,12-13H2,1-2H3,(H2,22,26)(H,23,27)(H,24,28). The fourth-order valence-electron chi connectivity index (χ4n) is 2.71. The summed E-state index contributed by atoms with van der Waals surface area (Å²) in [5.74, 6) is -1.37. The first-order chi connectivity index (χ1) is 14.6. The van der Waals surface area contributed by atoms with E-state index in [0.29, 0.717) is 11.1 Å². The van der Waals surface area contributed by atoms with Gasteiger partial charge in [0.25, 0.3) is 5.91 Å². The van der Waals surface area contributed by atoms with Crippen LogP contribution in [-0.2, 0) is 26.2 Å². The van der Waals surface area contributed by atoms with Crippen LogP contribution < -0.4 is 21.1 Å². The first-order valence-electron chi connectivity index (χ1n) is 9.57. The average molecular weight is 447 g/mol. The molecule has 0 heterocycles. The normalized spacial score (nSPS) is 11.0. The number of hydrogen-bond donors (Lipinski definition) is 4. The van der Waals surface area contributed by atoms with Gasteiger partial charge in [0.2, 0.25) is 21.8 Å². The Balaban J connectivity index is 1.80. The zero-order valence-electron chi connectivity index (χ0n) is 17.4. The molecule has 0 aliphatic carbocycles. The molecule has 2 rings (SSSR count). The Kier molecular flexibility index (Phi) is 8.29. The highest BCUT2D eigenvalue weighted by Gasteiger charge is 2.17. The van der Waals surface area contributed by atoms with E-state index < -0.39 is 21.8 Å². The second-order valence-electron chi connectivity index (χ2n) is 7.04. The van der Waals surface area contributed by atoms with E-state index in [9.17, 15) is 22.8 Å². The largest absolute Gasteiger partial charge is 0.368 e. The Morgan fingerprint density at radius 3 is 2.29 bits per heavy atom. The number of aryl methyl sites for hydroxylation is 2. The van der Waals surface area contributed by atoms with E-state index in [-0.39, 0.29) is 36.9 Å². The van der Waals surface area contributed by atoms with Crippen LogP contribution in [0.25, 0.3) is 0 Å². The number of hydrogen-bond acceptors (Lipinski definition) is 5. The highest BCUT2D eigenvalue weighted by molar-refractivity contribution is 7.89. The lowest BCUT2D eigenvalue weighted by Gasteiger charge is -2.10. The van der Waals surface area contributed by atoms with Gasteiger partial charge in [-0.2, -0.15) is 0 Å². The lowest BCUT2D eigenvalue weighted by molar-refractivity contribution is -0.121. The zero-order valence-corrected chi connectivity index (χ0v) is 18.2. The minimum Gasteiger partial charge on any atom is -0.368 e. The van der Waals surface area contributed by atoms with Crippen LogP contribution in [0.4, 0.5) is 0 Å². The second kappa shape index (κ2) is 10.7. The smallest absolute Gasteiger partial charge is 0.251 e. The fraction of sp³-hybridized carbons (Fsp3) is 0.286. The summed E-state index contributed by atoms with van der Waals surface area (Å²) in [5.41, 5.74) is 7.57. The first kappa shape index (κ1) is 24.0. The Morgan fingerprint density at radius 1 is 0.968 bits per heavy atom. The summed E-state index contributed by atoms with van der Waals surface area (Å²) in [7, 11) is -3.70. The Bertz CT molecular complexity index is 1070. The van der Waals surface area contributed by atoms with Crippen LogP contribution in [0.5, 0.6) is 0 Å². The van der Waals surface area contributed by atoms with Crippen molar-refractivity contribution in [2.24, 2.45) is 5.73 Å². The zero-order chi connectivity index (χ0) is 23.0. The quantitative estimate of drug-likeness (QED) is 0.420. The lowest BCUT2D eigenvalue weighted by Crippen LogP contribution is -2.33. The van der Waals surface area contributed by atoms with Crippen molar-refractivity contribution in [1.29, 1.82) is 0 Å². The number of nitrogens with one attached hydrogen (secondary N) is 3. The van der Waals surface area contributed by atoms with Crippen LogP contribution in [-0.4, -0.2) is 39.2 Å². The Morgan fingerprint density at radius 2 is 1.65 bits per heavy atom. The highest BCUT2D eigenvalue weighted by atomic mass is 32.2. The molecular formula is C21H26N4O5S. The van der Waals surface area contributed by atoms with Crippen molar-refractivity contribution in [1.82, 2.24) is 15.4 Å². The summed E-state index contributed by atoms with van der Waals surface area (Å²) in [4.78, 5) is 34.8. The summed E-state index contributed by atoms with van der Waals surface area (Å²) in [6.07, 6.45) is -0.0162. The topological polar surface area (TPSA) is 147 Å². The van der Waals surface area contributed by atoms with Crippen molar-refractivity contribution in [2.75, 3.05) is 13.1 Å². The number of nitrogens with two attached hydrogens (primary N) is 1. The number of amides is 3. The van der Waals surface area contributed by atoms with Gasteiger partial charge in [-0.05, 0) is 48.7 Å². The molecule has 0 aromatic heterocycles. The van der Waals surface area contributed by atoms with Crippen LogP contribution in [0.15, 0.2) is 47.4 Å². The van der Waals surface area contributed by atoms with Gasteiger partial charge in [-0.15, -0.1) is 0 Å². The highest BCUT2D eigenvalue weighted by Crippen LogP contribution is 2.16. The summed E-state index contributed by atoms with van der Waals surface area (Å²) in [5, 5.41) is 5.08. The van der Waals surface area contributed by atoms with Crippen LogP contribution in [0.2, 0.25) is 0 Å². The third kappa shape index (κ3) is 7.50. The van der Waals surface area contributed by atoms with Crippen molar-refractivity contribution in [3.8, 4) is 0 Å². The number of rotatable bonds is 10. The maximum absolute atomic E-state index is 12.4. The van der Waals surface area contributed by atoms with Crippen molar-refractivity contribution in [2.45, 2.75) is 31.7 Å². The lowest BCUT2D eigenvalue weighted by atomic mass is 10.1. The van der Waals surface area contributed by atoms with Gasteiger partial charge in [0.15, 0.2) is 0 Å². The van der Waals surface area contributed by atoms with Crippen molar-refractivity contribution >= 4 is 27.7 Å². The van der Waals surface area contributed by atoms with Gasteiger partial charge in [-0.1, -0.05) is 24.3 Å². The van der Waals surface area contributed by atoms with Gasteiger partial charge in [0, 0.05) is 25.1 Å². The molecule has 3 amide bonds. The average Bonchev–Trinajstić information content (AvgIpc) is 2.72. The molecule has 5 N–H and O–H groups in total. The number of carbonyl (C=O) groups is 3. The predicted octanol–water partition coefficient (Wildman–Crippen LogP) is 0.503. The molecule has 2 aromatic rings.